The first-order chi connectivity index (χ1) is 12.6. The lowest BCUT2D eigenvalue weighted by Gasteiger charge is -2.19. The number of allylic oxidation sites excluding steroid dienone is 3. The molecule has 2 aromatic rings. The van der Waals surface area contributed by atoms with Crippen molar-refractivity contribution in [2.75, 3.05) is 11.4 Å². The van der Waals surface area contributed by atoms with E-state index in [0.29, 0.717) is 11.1 Å². The Labute approximate surface area is 156 Å². The van der Waals surface area contributed by atoms with E-state index in [1.54, 1.807) is 30.0 Å². The smallest absolute Gasteiger partial charge is 0.269 e. The van der Waals surface area contributed by atoms with Crippen LogP contribution in [-0.4, -0.2) is 17.8 Å². The lowest BCUT2D eigenvalue weighted by atomic mass is 10.1. The minimum Gasteiger partial charge on any atom is -0.335 e. The third kappa shape index (κ3) is 3.70. The van der Waals surface area contributed by atoms with Gasteiger partial charge in [0.1, 0.15) is 0 Å². The van der Waals surface area contributed by atoms with Crippen LogP contribution < -0.4 is 4.90 Å². The van der Waals surface area contributed by atoms with Crippen LogP contribution in [0.25, 0.3) is 5.57 Å². The Balaban J connectivity index is 1.90. The van der Waals surface area contributed by atoms with E-state index < -0.39 is 4.92 Å². The first-order valence-corrected chi connectivity index (χ1v) is 9.12. The molecule has 0 spiro atoms. The fraction of sp³-hybridized carbons (Fsp3) is 0.150. The van der Waals surface area contributed by atoms with Gasteiger partial charge in [-0.25, -0.2) is 0 Å². The number of nitro benzene ring substituents is 1. The molecule has 0 fully saturated rings. The molecule has 2 aromatic carbocycles. The summed E-state index contributed by atoms with van der Waals surface area (Å²) in [6.45, 7) is 3.03. The van der Waals surface area contributed by atoms with E-state index >= 15 is 0 Å². The largest absolute Gasteiger partial charge is 0.335 e. The highest BCUT2D eigenvalue weighted by Crippen LogP contribution is 2.45. The number of carbonyl (C=O) groups is 1. The molecule has 0 atom stereocenters. The predicted octanol–water partition coefficient (Wildman–Crippen LogP) is 5.04. The van der Waals surface area contributed by atoms with Gasteiger partial charge < -0.3 is 4.90 Å². The predicted molar refractivity (Wildman–Crippen MR) is 105 cm³/mol. The van der Waals surface area contributed by atoms with Gasteiger partial charge in [0.05, 0.1) is 15.6 Å². The number of carbonyl (C=O) groups excluding carboxylic acids is 1. The average Bonchev–Trinajstić information content (AvgIpc) is 3.01. The molecule has 0 aliphatic carbocycles. The highest BCUT2D eigenvalue weighted by atomic mass is 32.2. The zero-order valence-corrected chi connectivity index (χ0v) is 15.1. The maximum absolute atomic E-state index is 11.5. The molecule has 0 radical (unpaired) electrons. The summed E-state index contributed by atoms with van der Waals surface area (Å²) in [5, 5.41) is 11.8. The minimum atomic E-state index is -0.453. The van der Waals surface area contributed by atoms with Crippen LogP contribution in [0.2, 0.25) is 0 Å². The second-order valence-electron chi connectivity index (χ2n) is 5.77. The van der Waals surface area contributed by atoms with Crippen LogP contribution in [0.4, 0.5) is 11.4 Å². The van der Waals surface area contributed by atoms with Crippen molar-refractivity contribution in [3.8, 4) is 0 Å². The summed E-state index contributed by atoms with van der Waals surface area (Å²) in [6, 6.07) is 14.2. The second kappa shape index (κ2) is 8.01. The number of para-hydroxylation sites is 1. The molecule has 26 heavy (non-hydrogen) atoms. The first-order valence-electron chi connectivity index (χ1n) is 8.30. The quantitative estimate of drug-likeness (QED) is 0.310. The monoisotopic (exact) mass is 366 g/mol. The fourth-order valence-corrected chi connectivity index (χ4v) is 3.86. The van der Waals surface area contributed by atoms with Crippen LogP contribution in [0.5, 0.6) is 0 Å². The van der Waals surface area contributed by atoms with E-state index in [1.165, 1.54) is 22.7 Å². The molecule has 132 valence electrons. The highest BCUT2D eigenvalue weighted by molar-refractivity contribution is 8.03. The zero-order chi connectivity index (χ0) is 18.5. The molecule has 0 aromatic heterocycles. The number of nitrogens with zero attached hydrogens (tertiary/aromatic N) is 2. The topological polar surface area (TPSA) is 63.5 Å². The number of fused-ring (bicyclic) bond motifs is 1. The van der Waals surface area contributed by atoms with Crippen molar-refractivity contribution in [1.29, 1.82) is 0 Å². The average molecular weight is 366 g/mol. The standard InChI is InChI=1S/C20H18N2O3S/c1-2-13-21-18-5-3-4-6-19(18)26-20(21)12-9-16(14-23)15-7-10-17(11-8-15)22(24)25/h3-12,14H,2,13H2,1H3. The normalized spacial score (nSPS) is 15.2. The van der Waals surface area contributed by atoms with Crippen LogP contribution in [-0.2, 0) is 4.79 Å². The molecule has 1 heterocycles. The van der Waals surface area contributed by atoms with Gasteiger partial charge in [-0.05, 0) is 48.4 Å². The van der Waals surface area contributed by atoms with Gasteiger partial charge in [0.15, 0.2) is 6.29 Å². The Kier molecular flexibility index (Phi) is 5.53. The van der Waals surface area contributed by atoms with Crippen LogP contribution in [0.15, 0.2) is 70.6 Å². The van der Waals surface area contributed by atoms with E-state index in [2.05, 4.69) is 24.0 Å². The number of rotatable bonds is 6. The van der Waals surface area contributed by atoms with Crippen LogP contribution in [0.3, 0.4) is 0 Å². The summed E-state index contributed by atoms with van der Waals surface area (Å²) in [7, 11) is 0. The maximum atomic E-state index is 11.5. The number of anilines is 1. The van der Waals surface area contributed by atoms with Crippen LogP contribution in [0, 0.1) is 10.1 Å². The number of thioether (sulfide) groups is 1. The molecule has 6 heteroatoms. The van der Waals surface area contributed by atoms with Gasteiger partial charge in [0.25, 0.3) is 5.69 Å². The molecule has 0 amide bonds. The molecule has 0 saturated heterocycles. The van der Waals surface area contributed by atoms with Gasteiger partial charge in [0, 0.05) is 29.1 Å². The first kappa shape index (κ1) is 17.9. The Morgan fingerprint density at radius 1 is 1.19 bits per heavy atom. The van der Waals surface area contributed by atoms with Crippen molar-refractivity contribution >= 4 is 35.0 Å². The van der Waals surface area contributed by atoms with E-state index in [1.807, 2.05) is 18.2 Å². The van der Waals surface area contributed by atoms with Gasteiger partial charge in [-0.1, -0.05) is 30.8 Å². The van der Waals surface area contributed by atoms with Crippen LogP contribution >= 0.6 is 11.8 Å². The number of nitro groups is 1. The van der Waals surface area contributed by atoms with Crippen molar-refractivity contribution in [2.45, 2.75) is 18.2 Å². The van der Waals surface area contributed by atoms with E-state index in [9.17, 15) is 14.9 Å². The summed E-state index contributed by atoms with van der Waals surface area (Å²) in [6.07, 6.45) is 5.49. The molecular formula is C20H18N2O3S. The Hall–Kier alpha value is -2.86. The lowest BCUT2D eigenvalue weighted by molar-refractivity contribution is -0.384. The summed E-state index contributed by atoms with van der Waals surface area (Å²) < 4.78 is 0. The Bertz CT molecular complexity index is 888. The van der Waals surface area contributed by atoms with Gasteiger partial charge >= 0.3 is 0 Å². The molecular weight excluding hydrogens is 348 g/mol. The van der Waals surface area contributed by atoms with Crippen molar-refractivity contribution in [1.82, 2.24) is 0 Å². The maximum Gasteiger partial charge on any atom is 0.269 e. The minimum absolute atomic E-state index is 0.00766. The van der Waals surface area contributed by atoms with Gasteiger partial charge in [-0.15, -0.1) is 0 Å². The van der Waals surface area contributed by atoms with E-state index in [4.69, 9.17) is 0 Å². The third-order valence-electron chi connectivity index (χ3n) is 4.03. The molecule has 0 N–H and O–H groups in total. The summed E-state index contributed by atoms with van der Waals surface area (Å²) >= 11 is 1.68. The lowest BCUT2D eigenvalue weighted by Crippen LogP contribution is -2.18. The van der Waals surface area contributed by atoms with Crippen molar-refractivity contribution < 1.29 is 9.72 Å². The number of non-ortho nitro benzene ring substituents is 1. The van der Waals surface area contributed by atoms with E-state index in [0.717, 1.165) is 24.3 Å². The molecule has 3 rings (SSSR count). The number of aldehydes is 1. The molecule has 0 bridgehead atoms. The van der Waals surface area contributed by atoms with Gasteiger partial charge in [-0.2, -0.15) is 0 Å². The Morgan fingerprint density at radius 2 is 1.92 bits per heavy atom. The number of benzene rings is 2. The Morgan fingerprint density at radius 3 is 2.58 bits per heavy atom. The molecule has 5 nitrogen and oxygen atoms in total. The van der Waals surface area contributed by atoms with Crippen LogP contribution in [0.1, 0.15) is 18.9 Å². The molecule has 1 aliphatic rings. The molecule has 1 aliphatic heterocycles. The summed E-state index contributed by atoms with van der Waals surface area (Å²) in [4.78, 5) is 25.3. The van der Waals surface area contributed by atoms with Crippen molar-refractivity contribution in [3.05, 3.63) is 81.4 Å². The van der Waals surface area contributed by atoms with Crippen molar-refractivity contribution in [2.24, 2.45) is 0 Å². The van der Waals surface area contributed by atoms with E-state index in [-0.39, 0.29) is 5.69 Å². The fourth-order valence-electron chi connectivity index (χ4n) is 2.77. The number of hydrogen-bond acceptors (Lipinski definition) is 5. The second-order valence-corrected chi connectivity index (χ2v) is 6.83. The number of hydrogen-bond donors (Lipinski definition) is 0. The third-order valence-corrected chi connectivity index (χ3v) is 5.16. The SMILES string of the molecule is CCCN1C(=CC=C(C=O)c2ccc([N+](=O)[O-])cc2)Sc2ccccc21. The zero-order valence-electron chi connectivity index (χ0n) is 14.3. The molecule has 0 saturated carbocycles. The molecule has 0 unspecified atom stereocenters. The van der Waals surface area contributed by atoms with Crippen molar-refractivity contribution in [3.63, 3.8) is 0 Å². The summed E-state index contributed by atoms with van der Waals surface area (Å²) in [5.74, 6) is 0. The summed E-state index contributed by atoms with van der Waals surface area (Å²) in [5.41, 5.74) is 2.33. The van der Waals surface area contributed by atoms with Gasteiger partial charge in [-0.3, -0.25) is 14.9 Å². The highest BCUT2D eigenvalue weighted by Gasteiger charge is 2.23. The van der Waals surface area contributed by atoms with Gasteiger partial charge in [0.2, 0.25) is 0 Å².